The SMILES string of the molecule is CC(C)(C[C@H](Cc1nc(Br)ccc1F)c1ccccc1-c1noc2ccccc12)S(N)=O. The Morgan fingerprint density at radius 2 is 1.84 bits per heavy atom. The van der Waals surface area contributed by atoms with Crippen LogP contribution in [0, 0.1) is 5.82 Å². The maximum absolute atomic E-state index is 14.6. The highest BCUT2D eigenvalue weighted by molar-refractivity contribution is 9.10. The molecule has 2 N–H and O–H groups in total. The zero-order chi connectivity index (χ0) is 22.9. The van der Waals surface area contributed by atoms with E-state index in [9.17, 15) is 8.60 Å². The molecule has 32 heavy (non-hydrogen) atoms. The van der Waals surface area contributed by atoms with Crippen LogP contribution in [0.2, 0.25) is 0 Å². The number of pyridine rings is 1. The fraction of sp³-hybridized carbons (Fsp3) is 0.250. The lowest BCUT2D eigenvalue weighted by atomic mass is 9.83. The second-order valence-electron chi connectivity index (χ2n) is 8.34. The summed E-state index contributed by atoms with van der Waals surface area (Å²) in [6.45, 7) is 3.71. The van der Waals surface area contributed by atoms with Gasteiger partial charge < -0.3 is 4.52 Å². The topological polar surface area (TPSA) is 82.0 Å². The first kappa shape index (κ1) is 22.8. The van der Waals surface area contributed by atoms with E-state index in [1.54, 1.807) is 6.07 Å². The third-order valence-corrected chi connectivity index (χ3v) is 7.34. The molecule has 0 amide bonds. The molecular formula is C24H23BrFN3O2S. The number of nitrogens with zero attached hydrogens (tertiary/aromatic N) is 2. The van der Waals surface area contributed by atoms with Crippen LogP contribution < -0.4 is 5.14 Å². The van der Waals surface area contributed by atoms with Gasteiger partial charge >= 0.3 is 0 Å². The first-order valence-electron chi connectivity index (χ1n) is 10.2. The molecule has 4 rings (SSSR count). The molecule has 0 saturated heterocycles. The Balaban J connectivity index is 1.84. The second-order valence-corrected chi connectivity index (χ2v) is 10.9. The van der Waals surface area contributed by atoms with Crippen molar-refractivity contribution in [2.75, 3.05) is 0 Å². The smallest absolute Gasteiger partial charge is 0.167 e. The number of benzene rings is 2. The summed E-state index contributed by atoms with van der Waals surface area (Å²) >= 11 is 3.33. The van der Waals surface area contributed by atoms with Crippen molar-refractivity contribution in [2.24, 2.45) is 5.14 Å². The van der Waals surface area contributed by atoms with Gasteiger partial charge in [-0.25, -0.2) is 13.6 Å². The fourth-order valence-electron chi connectivity index (χ4n) is 3.95. The highest BCUT2D eigenvalue weighted by Crippen LogP contribution is 2.39. The van der Waals surface area contributed by atoms with Gasteiger partial charge in [-0.1, -0.05) is 41.6 Å². The Morgan fingerprint density at radius 3 is 2.62 bits per heavy atom. The number of hydrogen-bond acceptors (Lipinski definition) is 4. The largest absolute Gasteiger partial charge is 0.356 e. The van der Waals surface area contributed by atoms with Crippen molar-refractivity contribution in [1.82, 2.24) is 10.1 Å². The average Bonchev–Trinajstić information content (AvgIpc) is 3.19. The van der Waals surface area contributed by atoms with E-state index >= 15 is 0 Å². The molecule has 2 heterocycles. The van der Waals surface area contributed by atoms with Crippen molar-refractivity contribution in [3.05, 3.63) is 82.3 Å². The first-order chi connectivity index (χ1) is 15.3. The van der Waals surface area contributed by atoms with E-state index in [4.69, 9.17) is 9.66 Å². The van der Waals surface area contributed by atoms with E-state index in [1.165, 1.54) is 6.07 Å². The molecule has 4 aromatic rings. The van der Waals surface area contributed by atoms with Crippen molar-refractivity contribution in [3.8, 4) is 11.3 Å². The maximum atomic E-state index is 14.6. The lowest BCUT2D eigenvalue weighted by Gasteiger charge is -2.29. The Morgan fingerprint density at radius 1 is 1.12 bits per heavy atom. The number of aromatic nitrogens is 2. The van der Waals surface area contributed by atoms with Crippen LogP contribution in [-0.4, -0.2) is 19.1 Å². The average molecular weight is 516 g/mol. The molecule has 0 aliphatic carbocycles. The Kier molecular flexibility index (Phi) is 6.55. The van der Waals surface area contributed by atoms with E-state index in [0.29, 0.717) is 28.7 Å². The summed E-state index contributed by atoms with van der Waals surface area (Å²) < 4.78 is 32.3. The quantitative estimate of drug-likeness (QED) is 0.310. The highest BCUT2D eigenvalue weighted by atomic mass is 79.9. The lowest BCUT2D eigenvalue weighted by molar-refractivity contribution is 0.459. The van der Waals surface area contributed by atoms with Crippen LogP contribution in [0.3, 0.4) is 0 Å². The van der Waals surface area contributed by atoms with Crippen LogP contribution >= 0.6 is 15.9 Å². The number of nitrogens with two attached hydrogens (primary N) is 1. The molecule has 0 bridgehead atoms. The molecule has 0 fully saturated rings. The van der Waals surface area contributed by atoms with Crippen LogP contribution in [0.15, 0.2) is 69.8 Å². The minimum Gasteiger partial charge on any atom is -0.356 e. The number of rotatable bonds is 7. The zero-order valence-corrected chi connectivity index (χ0v) is 20.1. The van der Waals surface area contributed by atoms with Gasteiger partial charge in [-0.2, -0.15) is 0 Å². The molecule has 2 aromatic heterocycles. The van der Waals surface area contributed by atoms with E-state index in [-0.39, 0.29) is 11.7 Å². The summed E-state index contributed by atoms with van der Waals surface area (Å²) in [5.74, 6) is -0.588. The first-order valence-corrected chi connectivity index (χ1v) is 12.2. The van der Waals surface area contributed by atoms with E-state index in [2.05, 4.69) is 26.1 Å². The van der Waals surface area contributed by atoms with Gasteiger partial charge in [0.05, 0.1) is 21.4 Å². The highest BCUT2D eigenvalue weighted by Gasteiger charge is 2.31. The van der Waals surface area contributed by atoms with Gasteiger partial charge in [0.1, 0.15) is 16.1 Å². The van der Waals surface area contributed by atoms with Gasteiger partial charge in [0, 0.05) is 10.9 Å². The molecule has 0 spiro atoms. The summed E-state index contributed by atoms with van der Waals surface area (Å²) in [4.78, 5) is 4.36. The van der Waals surface area contributed by atoms with Crippen molar-refractivity contribution >= 4 is 37.9 Å². The van der Waals surface area contributed by atoms with Crippen LogP contribution in [0.5, 0.6) is 0 Å². The number of hydrogen-bond donors (Lipinski definition) is 1. The third-order valence-electron chi connectivity index (χ3n) is 5.64. The Labute approximate surface area is 196 Å². The number of para-hydroxylation sites is 1. The molecule has 1 unspecified atom stereocenters. The van der Waals surface area contributed by atoms with E-state index in [0.717, 1.165) is 22.2 Å². The molecule has 0 radical (unpaired) electrons. The van der Waals surface area contributed by atoms with Crippen molar-refractivity contribution in [3.63, 3.8) is 0 Å². The van der Waals surface area contributed by atoms with Gasteiger partial charge in [-0.3, -0.25) is 5.14 Å². The van der Waals surface area contributed by atoms with Crippen LogP contribution in [0.4, 0.5) is 4.39 Å². The normalized spacial score (nSPS) is 13.9. The molecule has 2 aromatic carbocycles. The van der Waals surface area contributed by atoms with Gasteiger partial charge in [0.25, 0.3) is 0 Å². The maximum Gasteiger partial charge on any atom is 0.167 e. The molecule has 5 nitrogen and oxygen atoms in total. The molecule has 0 saturated carbocycles. The molecule has 0 aliphatic heterocycles. The second kappa shape index (κ2) is 9.21. The number of fused-ring (bicyclic) bond motifs is 1. The van der Waals surface area contributed by atoms with Crippen molar-refractivity contribution in [2.45, 2.75) is 37.4 Å². The molecule has 2 atom stereocenters. The molecule has 8 heteroatoms. The standard InChI is InChI=1S/C24H23BrFN3O2S/c1-24(2,32(27)30)14-15(13-20-19(26)11-12-22(25)28-20)16-7-3-4-8-17(16)23-18-9-5-6-10-21(18)31-29-23/h3-12,15H,13-14,27H2,1-2H3/t15-,32?/m0/s1. The minimum absolute atomic E-state index is 0.208. The van der Waals surface area contributed by atoms with Crippen LogP contribution in [0.25, 0.3) is 22.2 Å². The molecule has 0 aliphatic rings. The predicted molar refractivity (Wildman–Crippen MR) is 129 cm³/mol. The monoisotopic (exact) mass is 515 g/mol. The molecule has 166 valence electrons. The van der Waals surface area contributed by atoms with Gasteiger partial charge in [0.2, 0.25) is 0 Å². The van der Waals surface area contributed by atoms with E-state index in [1.807, 2.05) is 62.4 Å². The lowest BCUT2D eigenvalue weighted by Crippen LogP contribution is -2.34. The van der Waals surface area contributed by atoms with Crippen molar-refractivity contribution in [1.29, 1.82) is 0 Å². The molecular weight excluding hydrogens is 493 g/mol. The minimum atomic E-state index is -1.56. The van der Waals surface area contributed by atoms with Gasteiger partial charge in [-0.15, -0.1) is 0 Å². The summed E-state index contributed by atoms with van der Waals surface area (Å²) in [5, 5.41) is 11.0. The van der Waals surface area contributed by atoms with Crippen molar-refractivity contribution < 1.29 is 13.1 Å². The summed E-state index contributed by atoms with van der Waals surface area (Å²) in [6, 6.07) is 18.5. The fourth-order valence-corrected chi connectivity index (χ4v) is 4.66. The number of halogens is 2. The predicted octanol–water partition coefficient (Wildman–Crippen LogP) is 5.91. The van der Waals surface area contributed by atoms with E-state index < -0.39 is 15.7 Å². The summed E-state index contributed by atoms with van der Waals surface area (Å²) in [5.41, 5.74) is 3.58. The van der Waals surface area contributed by atoms with Crippen LogP contribution in [0.1, 0.15) is 37.4 Å². The van der Waals surface area contributed by atoms with Gasteiger partial charge in [0.15, 0.2) is 5.58 Å². The Hall–Kier alpha value is -2.42. The van der Waals surface area contributed by atoms with Gasteiger partial charge in [-0.05, 0) is 78.4 Å². The summed E-state index contributed by atoms with van der Waals surface area (Å²) in [7, 11) is -1.56. The Bertz CT molecular complexity index is 1290. The van der Waals surface area contributed by atoms with Crippen LogP contribution in [-0.2, 0) is 17.4 Å². The third kappa shape index (κ3) is 4.67. The zero-order valence-electron chi connectivity index (χ0n) is 17.7. The summed E-state index contributed by atoms with van der Waals surface area (Å²) in [6.07, 6.45) is 0.787.